The summed E-state index contributed by atoms with van der Waals surface area (Å²) in [6.45, 7) is 1.62. The van der Waals surface area contributed by atoms with E-state index in [-0.39, 0.29) is 5.56 Å². The topological polar surface area (TPSA) is 65.6 Å². The Kier molecular flexibility index (Phi) is 4.04. The van der Waals surface area contributed by atoms with Gasteiger partial charge in [-0.05, 0) is 60.9 Å². The second-order valence-corrected chi connectivity index (χ2v) is 6.90. The molecule has 5 nitrogen and oxygen atoms in total. The Labute approximate surface area is 148 Å². The number of aromatic nitrogens is 3. The van der Waals surface area contributed by atoms with Crippen LogP contribution < -0.4 is 10.9 Å². The second-order valence-electron chi connectivity index (χ2n) is 6.08. The zero-order valence-electron chi connectivity index (χ0n) is 12.9. The Morgan fingerprint density at radius 3 is 3.00 bits per heavy atom. The lowest BCUT2D eigenvalue weighted by molar-refractivity contribution is 0.633. The van der Waals surface area contributed by atoms with Gasteiger partial charge >= 0.3 is 0 Å². The fourth-order valence-corrected chi connectivity index (χ4v) is 3.85. The monoisotopic (exact) mass is 360 g/mol. The van der Waals surface area contributed by atoms with E-state index < -0.39 is 0 Å². The number of H-pyrrole nitrogens is 2. The van der Waals surface area contributed by atoms with Gasteiger partial charge in [0, 0.05) is 17.3 Å². The molecule has 7 heteroatoms. The number of rotatable bonds is 3. The van der Waals surface area contributed by atoms with E-state index in [9.17, 15) is 4.79 Å². The molecule has 1 saturated heterocycles. The fraction of sp³-hybridized carbons (Fsp3) is 0.294. The van der Waals surface area contributed by atoms with Crippen molar-refractivity contribution in [3.05, 3.63) is 61.7 Å². The van der Waals surface area contributed by atoms with Crippen molar-refractivity contribution < 1.29 is 0 Å². The number of halogens is 1. The summed E-state index contributed by atoms with van der Waals surface area (Å²) in [5, 5.41) is 4.26. The molecular weight excluding hydrogens is 344 g/mol. The van der Waals surface area contributed by atoms with Gasteiger partial charge in [0.1, 0.15) is 5.52 Å². The van der Waals surface area contributed by atoms with Crippen molar-refractivity contribution in [1.29, 1.82) is 0 Å². The molecule has 3 aromatic rings. The van der Waals surface area contributed by atoms with E-state index in [0.29, 0.717) is 22.9 Å². The van der Waals surface area contributed by atoms with Crippen LogP contribution in [0.25, 0.3) is 11.0 Å². The molecule has 0 radical (unpaired) electrons. The van der Waals surface area contributed by atoms with Gasteiger partial charge in [-0.25, -0.2) is 0 Å². The largest absolute Gasteiger partial charge is 0.355 e. The molecule has 1 aliphatic rings. The molecule has 2 aromatic heterocycles. The van der Waals surface area contributed by atoms with E-state index in [2.05, 4.69) is 15.3 Å². The predicted molar refractivity (Wildman–Crippen MR) is 98.3 cm³/mol. The lowest BCUT2D eigenvalue weighted by Crippen LogP contribution is -2.18. The van der Waals surface area contributed by atoms with Crippen LogP contribution in [0, 0.1) is 4.77 Å². The zero-order chi connectivity index (χ0) is 16.7. The molecule has 0 aliphatic carbocycles. The highest BCUT2D eigenvalue weighted by atomic mass is 35.5. The molecule has 1 aromatic carbocycles. The minimum Gasteiger partial charge on any atom is -0.355 e. The van der Waals surface area contributed by atoms with Crippen molar-refractivity contribution >= 4 is 34.9 Å². The van der Waals surface area contributed by atoms with Crippen LogP contribution in [-0.2, 0) is 6.54 Å². The molecule has 0 bridgehead atoms. The highest BCUT2D eigenvalue weighted by Crippen LogP contribution is 2.29. The van der Waals surface area contributed by atoms with Crippen molar-refractivity contribution in [2.75, 3.05) is 6.54 Å². The normalized spacial score (nSPS) is 17.6. The molecule has 1 aliphatic heterocycles. The fourth-order valence-electron chi connectivity index (χ4n) is 3.42. The highest BCUT2D eigenvalue weighted by Gasteiger charge is 2.20. The summed E-state index contributed by atoms with van der Waals surface area (Å²) in [7, 11) is 0. The second kappa shape index (κ2) is 6.20. The Balaban J connectivity index is 1.83. The maximum atomic E-state index is 12.0. The molecule has 1 atom stereocenters. The third-order valence-electron chi connectivity index (χ3n) is 4.58. The minimum absolute atomic E-state index is 0.190. The molecule has 0 saturated carbocycles. The molecule has 1 unspecified atom stereocenters. The third-order valence-corrected chi connectivity index (χ3v) is 5.14. The van der Waals surface area contributed by atoms with Crippen molar-refractivity contribution in [2.24, 2.45) is 0 Å². The van der Waals surface area contributed by atoms with Crippen LogP contribution in [0.2, 0.25) is 5.02 Å². The molecule has 4 rings (SSSR count). The highest BCUT2D eigenvalue weighted by molar-refractivity contribution is 7.71. The first kappa shape index (κ1) is 15.6. The first-order valence-electron chi connectivity index (χ1n) is 7.95. The number of aromatic amines is 2. The predicted octanol–water partition coefficient (Wildman–Crippen LogP) is 3.51. The number of hydrogen-bond donors (Lipinski definition) is 3. The van der Waals surface area contributed by atoms with Gasteiger partial charge < -0.3 is 14.9 Å². The van der Waals surface area contributed by atoms with E-state index in [1.54, 1.807) is 6.20 Å². The smallest absolute Gasteiger partial charge is 0.276 e. The number of fused-ring (bicyclic) bond motifs is 1. The summed E-state index contributed by atoms with van der Waals surface area (Å²) in [4.78, 5) is 17.7. The quantitative estimate of drug-likeness (QED) is 0.626. The average Bonchev–Trinajstić information content (AvgIpc) is 3.24. The lowest BCUT2D eigenvalue weighted by atomic mass is 9.99. The zero-order valence-corrected chi connectivity index (χ0v) is 14.5. The Bertz CT molecular complexity index is 1010. The third kappa shape index (κ3) is 2.70. The van der Waals surface area contributed by atoms with Gasteiger partial charge in [0.2, 0.25) is 0 Å². The number of nitrogens with zero attached hydrogens (tertiary/aromatic N) is 1. The van der Waals surface area contributed by atoms with Crippen LogP contribution in [0.1, 0.15) is 30.0 Å². The Morgan fingerprint density at radius 2 is 2.21 bits per heavy atom. The lowest BCUT2D eigenvalue weighted by Gasteiger charge is -2.18. The van der Waals surface area contributed by atoms with Gasteiger partial charge in [-0.3, -0.25) is 9.78 Å². The van der Waals surface area contributed by atoms with Crippen molar-refractivity contribution in [3.63, 3.8) is 0 Å². The van der Waals surface area contributed by atoms with Gasteiger partial charge in [0.15, 0.2) is 4.77 Å². The maximum Gasteiger partial charge on any atom is 0.276 e. The van der Waals surface area contributed by atoms with Crippen LogP contribution in [0.3, 0.4) is 0 Å². The van der Waals surface area contributed by atoms with E-state index >= 15 is 0 Å². The summed E-state index contributed by atoms with van der Waals surface area (Å²) in [6.07, 6.45) is 4.02. The Morgan fingerprint density at radius 1 is 1.33 bits per heavy atom. The van der Waals surface area contributed by atoms with E-state index in [1.165, 1.54) is 5.56 Å². The summed E-state index contributed by atoms with van der Waals surface area (Å²) in [5.74, 6) is 0. The Hall–Kier alpha value is -1.89. The SMILES string of the molecule is O=c1[nH]c(=S)n(Cc2ccc(Cl)cc2C2CCCN2)c2cc[nH]c12. The van der Waals surface area contributed by atoms with Crippen molar-refractivity contribution in [2.45, 2.75) is 25.4 Å². The standard InChI is InChI=1S/C17H17ClN4OS/c18-11-4-3-10(12(8-11)13-2-1-6-19-13)9-22-14-5-7-20-15(14)16(23)21-17(22)24/h3-5,7-8,13,19-20H,1-2,6,9H2,(H,21,23,24). The summed E-state index contributed by atoms with van der Waals surface area (Å²) < 4.78 is 2.37. The molecular formula is C17H17ClN4OS. The van der Waals surface area contributed by atoms with Crippen LogP contribution in [0.4, 0.5) is 0 Å². The van der Waals surface area contributed by atoms with Crippen LogP contribution in [0.15, 0.2) is 35.3 Å². The first-order chi connectivity index (χ1) is 11.6. The van der Waals surface area contributed by atoms with Gasteiger partial charge in [0.25, 0.3) is 5.56 Å². The number of hydrogen-bond acceptors (Lipinski definition) is 3. The van der Waals surface area contributed by atoms with Crippen molar-refractivity contribution in [3.8, 4) is 0 Å². The van der Waals surface area contributed by atoms with Crippen LogP contribution in [-0.4, -0.2) is 21.1 Å². The number of nitrogens with one attached hydrogen (secondary N) is 3. The summed E-state index contributed by atoms with van der Waals surface area (Å²) in [6, 6.07) is 8.17. The number of benzene rings is 1. The van der Waals surface area contributed by atoms with Gasteiger partial charge in [-0.15, -0.1) is 0 Å². The molecule has 1 fully saturated rings. The van der Waals surface area contributed by atoms with E-state index in [0.717, 1.165) is 35.5 Å². The first-order valence-corrected chi connectivity index (χ1v) is 8.74. The van der Waals surface area contributed by atoms with Crippen molar-refractivity contribution in [1.82, 2.24) is 19.9 Å². The molecule has 0 amide bonds. The molecule has 24 heavy (non-hydrogen) atoms. The van der Waals surface area contributed by atoms with Crippen LogP contribution in [0.5, 0.6) is 0 Å². The average molecular weight is 361 g/mol. The van der Waals surface area contributed by atoms with Gasteiger partial charge in [-0.2, -0.15) is 0 Å². The maximum absolute atomic E-state index is 12.0. The van der Waals surface area contributed by atoms with Crippen LogP contribution >= 0.6 is 23.8 Å². The van der Waals surface area contributed by atoms with Gasteiger partial charge in [-0.1, -0.05) is 17.7 Å². The van der Waals surface area contributed by atoms with E-state index in [4.69, 9.17) is 23.8 Å². The summed E-state index contributed by atoms with van der Waals surface area (Å²) >= 11 is 11.6. The van der Waals surface area contributed by atoms with E-state index in [1.807, 2.05) is 28.8 Å². The molecule has 3 heterocycles. The minimum atomic E-state index is -0.190. The molecule has 124 valence electrons. The summed E-state index contributed by atoms with van der Waals surface area (Å²) in [5.41, 5.74) is 3.52. The van der Waals surface area contributed by atoms with Gasteiger partial charge in [0.05, 0.1) is 12.1 Å². The molecule has 0 spiro atoms. The molecule has 3 N–H and O–H groups in total.